The molecule has 12 heteroatoms. The Kier molecular flexibility index (Phi) is 58.4. The second-order valence-corrected chi connectivity index (χ2v) is 29.9. The molecule has 0 aliphatic carbocycles. The minimum Gasteiger partial charge on any atom is -0.455 e. The van der Waals surface area contributed by atoms with Gasteiger partial charge in [-0.25, -0.2) is 22.8 Å². The molecular formula is C131H173N9O3+6. The Hall–Kier alpha value is -14.5. The summed E-state index contributed by atoms with van der Waals surface area (Å²) in [5, 5.41) is 11.9. The summed E-state index contributed by atoms with van der Waals surface area (Å²) in [5.41, 5.74) is 29.6. The number of aromatic nitrogens is 9. The van der Waals surface area contributed by atoms with Crippen LogP contribution in [0.4, 0.5) is 0 Å². The van der Waals surface area contributed by atoms with Crippen LogP contribution in [0.2, 0.25) is 0 Å². The highest BCUT2D eigenvalue weighted by molar-refractivity contribution is 6.11. The van der Waals surface area contributed by atoms with Crippen molar-refractivity contribution < 1.29 is 40.7 Å². The van der Waals surface area contributed by atoms with Crippen molar-refractivity contribution in [2.45, 2.75) is 223 Å². The number of furan rings is 3. The lowest BCUT2D eigenvalue weighted by Crippen LogP contribution is -2.32. The molecule has 0 aliphatic heterocycles. The van der Waals surface area contributed by atoms with Crippen molar-refractivity contribution in [3.63, 3.8) is 0 Å². The molecule has 0 atom stereocenters. The lowest BCUT2D eigenvalue weighted by molar-refractivity contribution is -0.660. The molecule has 143 heavy (non-hydrogen) atoms. The highest BCUT2D eigenvalue weighted by atomic mass is 16.3. The topological polar surface area (TPSA) is 101 Å². The van der Waals surface area contributed by atoms with Gasteiger partial charge in [-0.05, 0) is 177 Å². The van der Waals surface area contributed by atoms with Gasteiger partial charge >= 0.3 is 0 Å². The quantitative estimate of drug-likeness (QED) is 0.154. The Balaban J connectivity index is 0.000000555. The molecule has 0 saturated heterocycles. The summed E-state index contributed by atoms with van der Waals surface area (Å²) in [7, 11) is 12.5. The van der Waals surface area contributed by atoms with E-state index in [1.807, 2.05) is 215 Å². The first-order chi connectivity index (χ1) is 69.1. The molecule has 0 bridgehead atoms. The maximum absolute atomic E-state index is 6.12. The molecular weight excluding hydrogens is 1750 g/mol. The number of aryl methyl sites for hydroxylation is 12. The SMILES string of the molecule is C.C.CC.CC.CC.CC.CC.CC.CC.CC.CC.CC.CC.CC.Cc1ccc2c(oc3cccnc32)c1-c1cccc[n+]1C.Cc1ccc2c(oc3ccncc32)c1-c1cccc[n+]1C.Cc1ccc2c(oc3cnccc32)c1-c1cccc[n+]1C.Cc1ccccc1-c1c2ccccc2cc[n+]1C.Cc1ccccc1-c1cc2ccccc2c[n+]1C.Cc1ccccc1-c1ccc2ccccc2[n+]1C. The summed E-state index contributed by atoms with van der Waals surface area (Å²) in [4.78, 5) is 12.8. The van der Waals surface area contributed by atoms with E-state index >= 15 is 0 Å². The van der Waals surface area contributed by atoms with Crippen LogP contribution in [0, 0.1) is 41.5 Å². The minimum absolute atomic E-state index is 0. The van der Waals surface area contributed by atoms with Gasteiger partial charge in [-0.2, -0.15) is 4.57 Å². The average molecular weight is 1920 g/mol. The van der Waals surface area contributed by atoms with Crippen LogP contribution in [0.1, 0.15) is 214 Å². The van der Waals surface area contributed by atoms with Gasteiger partial charge in [-0.3, -0.25) is 15.0 Å². The molecule has 0 amide bonds. The molecule has 0 spiro atoms. The van der Waals surface area contributed by atoms with Crippen LogP contribution in [0.25, 0.3) is 166 Å². The normalized spacial score (nSPS) is 9.57. The number of pyridine rings is 9. The van der Waals surface area contributed by atoms with Crippen LogP contribution in [0.3, 0.4) is 0 Å². The van der Waals surface area contributed by atoms with Crippen LogP contribution >= 0.6 is 0 Å². The van der Waals surface area contributed by atoms with E-state index in [0.717, 1.165) is 99.7 Å². The Morgan fingerprint density at radius 3 is 1.12 bits per heavy atom. The first kappa shape index (κ1) is 125. The number of nitrogens with zero attached hydrogens (tertiary/aromatic N) is 9. The van der Waals surface area contributed by atoms with Gasteiger partial charge in [0.1, 0.15) is 64.6 Å². The lowest BCUT2D eigenvalue weighted by Gasteiger charge is -2.07. The number of hydrogen-bond acceptors (Lipinski definition) is 6. The Morgan fingerprint density at radius 1 is 0.231 bits per heavy atom. The molecule has 12 heterocycles. The zero-order valence-electron chi connectivity index (χ0n) is 92.2. The van der Waals surface area contributed by atoms with Crippen molar-refractivity contribution in [2.75, 3.05) is 0 Å². The van der Waals surface area contributed by atoms with Gasteiger partial charge in [0.25, 0.3) is 0 Å². The summed E-state index contributed by atoms with van der Waals surface area (Å²) < 4.78 is 31.3. The average Bonchev–Trinajstić information content (AvgIpc) is 1.60. The van der Waals surface area contributed by atoms with Gasteiger partial charge in [0, 0.05) is 140 Å². The fourth-order valence-electron chi connectivity index (χ4n) is 16.0. The second-order valence-electron chi connectivity index (χ2n) is 29.9. The fraction of sp³-hybridized carbons (Fsp3) is 0.290. The zero-order chi connectivity index (χ0) is 105. The molecule has 0 fully saturated rings. The summed E-state index contributed by atoms with van der Waals surface area (Å²) >= 11 is 0. The van der Waals surface area contributed by atoms with Gasteiger partial charge < -0.3 is 13.3 Å². The van der Waals surface area contributed by atoms with Crippen molar-refractivity contribution in [3.05, 3.63) is 380 Å². The molecule has 12 nitrogen and oxygen atoms in total. The molecule has 0 radical (unpaired) electrons. The van der Waals surface area contributed by atoms with E-state index in [0.29, 0.717) is 0 Å². The van der Waals surface area contributed by atoms with E-state index in [-0.39, 0.29) is 14.9 Å². The molecule has 21 aromatic rings. The van der Waals surface area contributed by atoms with Crippen molar-refractivity contribution in [3.8, 4) is 67.5 Å². The number of fused-ring (bicyclic) bond motifs is 12. The fourth-order valence-corrected chi connectivity index (χ4v) is 16.0. The van der Waals surface area contributed by atoms with Crippen LogP contribution in [-0.4, -0.2) is 15.0 Å². The summed E-state index contributed by atoms with van der Waals surface area (Å²) in [6.07, 6.45) is 19.5. The molecule has 0 aliphatic rings. The van der Waals surface area contributed by atoms with Crippen LogP contribution < -0.4 is 27.4 Å². The molecule has 21 rings (SSSR count). The van der Waals surface area contributed by atoms with Crippen LogP contribution in [-0.2, 0) is 42.3 Å². The van der Waals surface area contributed by atoms with Gasteiger partial charge in [-0.15, -0.1) is 0 Å². The Labute approximate surface area is 861 Å². The third-order valence-electron chi connectivity index (χ3n) is 22.2. The lowest BCUT2D eigenvalue weighted by atomic mass is 10.00. The van der Waals surface area contributed by atoms with Gasteiger partial charge in [0.05, 0.1) is 28.3 Å². The maximum Gasteiger partial charge on any atom is 0.220 e. The van der Waals surface area contributed by atoms with Crippen molar-refractivity contribution >= 4 is 98.4 Å². The van der Waals surface area contributed by atoms with E-state index in [2.05, 4.69) is 400 Å². The molecule has 754 valence electrons. The monoisotopic (exact) mass is 1920 g/mol. The number of benzene rings is 9. The van der Waals surface area contributed by atoms with E-state index in [9.17, 15) is 0 Å². The van der Waals surface area contributed by atoms with E-state index < -0.39 is 0 Å². The highest BCUT2D eigenvalue weighted by Crippen LogP contribution is 2.40. The maximum atomic E-state index is 6.12. The predicted molar refractivity (Wildman–Crippen MR) is 624 cm³/mol. The summed E-state index contributed by atoms with van der Waals surface area (Å²) in [5.74, 6) is 0. The molecule has 0 saturated carbocycles. The van der Waals surface area contributed by atoms with Crippen LogP contribution in [0.5, 0.6) is 0 Å². The van der Waals surface area contributed by atoms with E-state index in [1.165, 1.54) is 99.6 Å². The summed E-state index contributed by atoms with van der Waals surface area (Å²) in [6.45, 7) is 60.8. The number of rotatable bonds is 6. The smallest absolute Gasteiger partial charge is 0.220 e. The molecule has 12 aromatic heterocycles. The standard InChI is InChI=1S/3C18H15N2O.3C17H16N.12C2H6.2CH4/c1-12-8-9-13-17-15(7-5-10-19-17)21-18(13)16(12)14-6-3-4-11-20(14)2;1-12-6-7-14-13-8-9-19-11-16(13)21-18(14)17(12)15-5-3-4-10-20(15)2;1-12-6-7-13-14-11-19-9-8-16(14)21-18(13)17(12)15-5-3-4-10-20(15)2;1-13-7-3-6-10-16(13)17-11-14-8-4-5-9-15(14)12-18(17)2;1-13-7-3-5-9-15(13)17-16-10-6-4-8-14(16)11-12-18(17)2;1-13-7-3-5-9-15(13)17-12-11-14-8-4-6-10-16(14)18(17)2;12*1-2;;/h3*3-11H,1-2H3;3*3-12H,1-2H3;12*1-2H3;2*1H4/q6*+1;;;;;;;;;;;;;;. The van der Waals surface area contributed by atoms with Crippen molar-refractivity contribution in [2.24, 2.45) is 42.3 Å². The third-order valence-corrected chi connectivity index (χ3v) is 22.2. The van der Waals surface area contributed by atoms with Crippen LogP contribution in [0.15, 0.2) is 360 Å². The Bertz CT molecular complexity index is 6840. The van der Waals surface area contributed by atoms with Gasteiger partial charge in [0.15, 0.2) is 47.7 Å². The molecule has 0 N–H and O–H groups in total. The Morgan fingerprint density at radius 2 is 0.622 bits per heavy atom. The zero-order valence-corrected chi connectivity index (χ0v) is 92.2. The predicted octanol–water partition coefficient (Wildman–Crippen LogP) is 35.8. The van der Waals surface area contributed by atoms with E-state index in [1.54, 1.807) is 24.8 Å². The van der Waals surface area contributed by atoms with Crippen molar-refractivity contribution in [1.29, 1.82) is 0 Å². The first-order valence-corrected chi connectivity index (χ1v) is 51.5. The van der Waals surface area contributed by atoms with Crippen molar-refractivity contribution in [1.82, 2.24) is 15.0 Å². The van der Waals surface area contributed by atoms with E-state index in [4.69, 9.17) is 13.3 Å². The number of para-hydroxylation sites is 1. The van der Waals surface area contributed by atoms with Gasteiger partial charge in [0.2, 0.25) is 39.7 Å². The summed E-state index contributed by atoms with van der Waals surface area (Å²) in [6, 6.07) is 99.0. The number of hydrogen-bond donors (Lipinski definition) is 0. The molecule has 9 aromatic carbocycles. The molecule has 0 unspecified atom stereocenters. The minimum atomic E-state index is 0. The highest BCUT2D eigenvalue weighted by Gasteiger charge is 2.25. The second kappa shape index (κ2) is 67.0. The van der Waals surface area contributed by atoms with Gasteiger partial charge in [-0.1, -0.05) is 314 Å². The third kappa shape index (κ3) is 31.0. The first-order valence-electron chi connectivity index (χ1n) is 51.5. The largest absolute Gasteiger partial charge is 0.455 e.